The van der Waals surface area contributed by atoms with Gasteiger partial charge in [-0.1, -0.05) is 13.8 Å². The minimum Gasteiger partial charge on any atom is -0.302 e. The predicted molar refractivity (Wildman–Crippen MR) is 79.6 cm³/mol. The van der Waals surface area contributed by atoms with Crippen LogP contribution in [0.3, 0.4) is 0 Å². The fourth-order valence-electron chi connectivity index (χ4n) is 3.94. The number of hydrogen-bond acceptors (Lipinski definition) is 3. The summed E-state index contributed by atoms with van der Waals surface area (Å²) in [6.07, 6.45) is 4.22. The van der Waals surface area contributed by atoms with Gasteiger partial charge >= 0.3 is 0 Å². The van der Waals surface area contributed by atoms with Gasteiger partial charge in [-0.15, -0.1) is 0 Å². The van der Waals surface area contributed by atoms with Gasteiger partial charge in [0.2, 0.25) is 5.92 Å². The van der Waals surface area contributed by atoms with E-state index in [2.05, 4.69) is 24.2 Å². The highest BCUT2D eigenvalue weighted by Gasteiger charge is 2.42. The first-order valence-corrected chi connectivity index (χ1v) is 7.82. The second-order valence-corrected chi connectivity index (χ2v) is 6.48. The Hall–Kier alpha value is -0.260. The summed E-state index contributed by atoms with van der Waals surface area (Å²) in [5.74, 6) is 3.35. The van der Waals surface area contributed by atoms with Crippen LogP contribution in [0.2, 0.25) is 0 Å². The molecule has 2 atom stereocenters. The van der Waals surface area contributed by atoms with Crippen LogP contribution in [-0.4, -0.2) is 36.5 Å². The van der Waals surface area contributed by atoms with Crippen LogP contribution in [0.1, 0.15) is 58.8 Å². The van der Waals surface area contributed by atoms with Crippen molar-refractivity contribution in [1.29, 1.82) is 0 Å². The number of halogens is 2. The molecule has 1 saturated carbocycles. The first-order valence-electron chi connectivity index (χ1n) is 7.82. The highest BCUT2D eigenvalue weighted by molar-refractivity contribution is 4.98. The lowest BCUT2D eigenvalue weighted by atomic mass is 9.75. The van der Waals surface area contributed by atoms with Crippen molar-refractivity contribution in [2.45, 2.75) is 76.3 Å². The molecule has 0 aromatic heterocycles. The van der Waals surface area contributed by atoms with E-state index in [9.17, 15) is 8.78 Å². The Morgan fingerprint density at radius 1 is 1.35 bits per heavy atom. The minimum absolute atomic E-state index is 0.0160. The number of hydrazine groups is 1. The van der Waals surface area contributed by atoms with Crippen molar-refractivity contribution in [1.82, 2.24) is 10.3 Å². The maximum atomic E-state index is 13.6. The Morgan fingerprint density at radius 2 is 1.95 bits per heavy atom. The van der Waals surface area contributed by atoms with Crippen molar-refractivity contribution in [3.05, 3.63) is 0 Å². The molecular formula is C15H31F2N3. The van der Waals surface area contributed by atoms with E-state index in [-0.39, 0.29) is 30.3 Å². The molecule has 3 N–H and O–H groups in total. The Morgan fingerprint density at radius 3 is 2.35 bits per heavy atom. The summed E-state index contributed by atoms with van der Waals surface area (Å²) in [4.78, 5) is 2.19. The molecular weight excluding hydrogens is 260 g/mol. The molecule has 0 heterocycles. The quantitative estimate of drug-likeness (QED) is 0.559. The average molecular weight is 291 g/mol. The van der Waals surface area contributed by atoms with Gasteiger partial charge in [0.1, 0.15) is 0 Å². The van der Waals surface area contributed by atoms with Crippen LogP contribution in [0.15, 0.2) is 0 Å². The minimum atomic E-state index is -2.48. The zero-order valence-electron chi connectivity index (χ0n) is 13.4. The van der Waals surface area contributed by atoms with E-state index in [0.29, 0.717) is 6.42 Å². The van der Waals surface area contributed by atoms with E-state index in [1.54, 1.807) is 0 Å². The number of likely N-dealkylation sites (N-methyl/N-ethyl adjacent to an activating group) is 1. The molecule has 3 nitrogen and oxygen atoms in total. The molecule has 1 fully saturated rings. The van der Waals surface area contributed by atoms with E-state index in [1.165, 1.54) is 0 Å². The van der Waals surface area contributed by atoms with Gasteiger partial charge in [0.05, 0.1) is 0 Å². The van der Waals surface area contributed by atoms with Gasteiger partial charge in [-0.25, -0.2) is 8.78 Å². The maximum absolute atomic E-state index is 13.6. The Bertz CT molecular complexity index is 291. The standard InChI is InChI=1S/C15H31F2N3/c1-5-14(6-2,20(3)4)13(19-18)10-12-8-7-9-15(16,17)11-12/h12-13,19H,5-11,18H2,1-4H3. The van der Waals surface area contributed by atoms with Crippen LogP contribution in [0.25, 0.3) is 0 Å². The first kappa shape index (κ1) is 17.8. The van der Waals surface area contributed by atoms with Crippen LogP contribution in [0.4, 0.5) is 8.78 Å². The highest BCUT2D eigenvalue weighted by Crippen LogP contribution is 2.40. The number of nitrogens with zero attached hydrogens (tertiary/aromatic N) is 1. The largest absolute Gasteiger partial charge is 0.302 e. The van der Waals surface area contributed by atoms with Gasteiger partial charge < -0.3 is 4.90 Å². The molecule has 0 bridgehead atoms. The number of hydrogen-bond donors (Lipinski definition) is 2. The van der Waals surface area contributed by atoms with Gasteiger partial charge in [-0.2, -0.15) is 0 Å². The molecule has 1 rings (SSSR count). The zero-order chi connectivity index (χ0) is 15.4. The fraction of sp³-hybridized carbons (Fsp3) is 1.00. The summed E-state index contributed by atoms with van der Waals surface area (Å²) in [5.41, 5.74) is 2.85. The summed E-state index contributed by atoms with van der Waals surface area (Å²) in [6.45, 7) is 4.28. The van der Waals surface area contributed by atoms with E-state index >= 15 is 0 Å². The van der Waals surface area contributed by atoms with Crippen LogP contribution in [0, 0.1) is 5.92 Å². The highest BCUT2D eigenvalue weighted by atomic mass is 19.3. The van der Waals surface area contributed by atoms with E-state index < -0.39 is 5.92 Å². The number of nitrogens with two attached hydrogens (primary N) is 1. The summed E-state index contributed by atoms with van der Waals surface area (Å²) < 4.78 is 27.1. The third-order valence-corrected chi connectivity index (χ3v) is 5.28. The maximum Gasteiger partial charge on any atom is 0.248 e. The normalized spacial score (nSPS) is 24.9. The summed E-state index contributed by atoms with van der Waals surface area (Å²) in [7, 11) is 4.10. The second kappa shape index (κ2) is 7.14. The van der Waals surface area contributed by atoms with E-state index in [0.717, 1.165) is 25.7 Å². The van der Waals surface area contributed by atoms with E-state index in [4.69, 9.17) is 5.84 Å². The molecule has 0 radical (unpaired) electrons. The Kier molecular flexibility index (Phi) is 6.35. The van der Waals surface area contributed by atoms with Crippen molar-refractivity contribution in [3.63, 3.8) is 0 Å². The average Bonchev–Trinajstić information content (AvgIpc) is 2.37. The summed E-state index contributed by atoms with van der Waals surface area (Å²) in [6, 6.07) is 0.0476. The SMILES string of the molecule is CCC(CC)(C(CC1CCCC(F)(F)C1)NN)N(C)C. The van der Waals surface area contributed by atoms with Gasteiger partial charge in [0.25, 0.3) is 0 Å². The van der Waals surface area contributed by atoms with Crippen LogP contribution in [0.5, 0.6) is 0 Å². The molecule has 0 aliphatic heterocycles. The molecule has 0 aromatic carbocycles. The van der Waals surface area contributed by atoms with Crippen LogP contribution >= 0.6 is 0 Å². The lowest BCUT2D eigenvalue weighted by Gasteiger charge is -2.46. The van der Waals surface area contributed by atoms with Gasteiger partial charge in [-0.3, -0.25) is 11.3 Å². The molecule has 0 spiro atoms. The van der Waals surface area contributed by atoms with Crippen LogP contribution in [-0.2, 0) is 0 Å². The molecule has 5 heteroatoms. The fourth-order valence-corrected chi connectivity index (χ4v) is 3.94. The number of alkyl halides is 2. The molecule has 20 heavy (non-hydrogen) atoms. The lowest BCUT2D eigenvalue weighted by Crippen LogP contribution is -2.60. The summed E-state index contributed by atoms with van der Waals surface area (Å²) >= 11 is 0. The van der Waals surface area contributed by atoms with Crippen molar-refractivity contribution in [2.75, 3.05) is 14.1 Å². The monoisotopic (exact) mass is 291 g/mol. The Balaban J connectivity index is 2.79. The zero-order valence-corrected chi connectivity index (χ0v) is 13.4. The number of rotatable bonds is 7. The number of nitrogens with one attached hydrogen (secondary N) is 1. The Labute approximate surface area is 122 Å². The van der Waals surface area contributed by atoms with Gasteiger partial charge in [-0.05, 0) is 52.1 Å². The lowest BCUT2D eigenvalue weighted by molar-refractivity contribution is -0.0583. The van der Waals surface area contributed by atoms with Crippen molar-refractivity contribution < 1.29 is 8.78 Å². The van der Waals surface area contributed by atoms with Gasteiger partial charge in [0, 0.05) is 24.4 Å². The molecule has 1 aliphatic carbocycles. The van der Waals surface area contributed by atoms with Crippen molar-refractivity contribution >= 4 is 0 Å². The second-order valence-electron chi connectivity index (χ2n) is 6.48. The predicted octanol–water partition coefficient (Wildman–Crippen LogP) is 3.15. The molecule has 0 aromatic rings. The molecule has 0 amide bonds. The topological polar surface area (TPSA) is 41.3 Å². The smallest absolute Gasteiger partial charge is 0.248 e. The van der Waals surface area contributed by atoms with Crippen LogP contribution < -0.4 is 11.3 Å². The summed E-state index contributed by atoms with van der Waals surface area (Å²) in [5, 5.41) is 0. The van der Waals surface area contributed by atoms with Crippen molar-refractivity contribution in [3.8, 4) is 0 Å². The third-order valence-electron chi connectivity index (χ3n) is 5.28. The van der Waals surface area contributed by atoms with E-state index in [1.807, 2.05) is 14.1 Å². The molecule has 2 unspecified atom stereocenters. The molecule has 0 saturated heterocycles. The van der Waals surface area contributed by atoms with Crippen molar-refractivity contribution in [2.24, 2.45) is 11.8 Å². The molecule has 120 valence electrons. The van der Waals surface area contributed by atoms with Gasteiger partial charge in [0.15, 0.2) is 0 Å². The molecule has 1 aliphatic rings. The first-order chi connectivity index (χ1) is 9.31. The third kappa shape index (κ3) is 3.89.